The lowest BCUT2D eigenvalue weighted by Gasteiger charge is -2.52. The quantitative estimate of drug-likeness (QED) is 0.336. The molecule has 208 valence electrons. The van der Waals surface area contributed by atoms with Crippen LogP contribution in [0.25, 0.3) is 22.4 Å². The Balaban J connectivity index is 1.86. The molecule has 1 aliphatic heterocycles. The summed E-state index contributed by atoms with van der Waals surface area (Å²) >= 11 is 0. The second-order valence-corrected chi connectivity index (χ2v) is 16.8. The zero-order valence-electron chi connectivity index (χ0n) is 24.0. The molecule has 3 aromatic rings. The highest BCUT2D eigenvalue weighted by Crippen LogP contribution is 2.42. The molecule has 2 N–H and O–H groups in total. The van der Waals surface area contributed by atoms with Crippen molar-refractivity contribution in [1.29, 1.82) is 0 Å². The molecule has 11 heteroatoms. The lowest BCUT2D eigenvalue weighted by Crippen LogP contribution is -2.64. The number of carboxylic acid groups (broad SMARTS) is 1. The molecule has 0 spiro atoms. The minimum atomic E-state index is -1.61. The van der Waals surface area contributed by atoms with Crippen LogP contribution in [0.3, 0.4) is 0 Å². The van der Waals surface area contributed by atoms with Crippen molar-refractivity contribution in [2.45, 2.75) is 79.2 Å². The number of nitrogens with one attached hydrogen (secondary N) is 1. The standard InChI is InChI=1S/C28H38N6O4Si/c1-9-12-38-26-18(14-17(15-29-26)11-13-39(6,7)8)24-30-21-19(10-2)34(32-22(21)25(35)31-24)20-16-33(27(36)37)23(20)28(3,4)5/h14-15,20,23H,9-10,12,16H2,1-8H3,(H,36,37)(H,30,31,35). The van der Waals surface area contributed by atoms with Gasteiger partial charge in [0, 0.05) is 18.3 Å². The first-order chi connectivity index (χ1) is 18.2. The number of rotatable bonds is 6. The topological polar surface area (TPSA) is 126 Å². The fourth-order valence-electron chi connectivity index (χ4n) is 4.97. The number of likely N-dealkylation sites (tertiary alicyclic amines) is 1. The Bertz CT molecular complexity index is 1520. The summed E-state index contributed by atoms with van der Waals surface area (Å²) in [5, 5.41) is 14.4. The lowest BCUT2D eigenvalue weighted by atomic mass is 9.76. The van der Waals surface area contributed by atoms with E-state index in [4.69, 9.17) is 9.72 Å². The molecular weight excluding hydrogens is 512 g/mol. The molecular formula is C28H38N6O4Si. The number of hydrogen-bond acceptors (Lipinski definition) is 6. The molecule has 0 aromatic carbocycles. The van der Waals surface area contributed by atoms with E-state index >= 15 is 0 Å². The predicted octanol–water partition coefficient (Wildman–Crippen LogP) is 4.71. The summed E-state index contributed by atoms with van der Waals surface area (Å²) in [5.74, 6) is 3.94. The molecule has 0 aliphatic carbocycles. The van der Waals surface area contributed by atoms with Crippen LogP contribution >= 0.6 is 0 Å². The molecule has 1 saturated heterocycles. The van der Waals surface area contributed by atoms with Crippen LogP contribution in [-0.4, -0.2) is 68.1 Å². The first-order valence-corrected chi connectivity index (χ1v) is 16.9. The number of pyridine rings is 1. The van der Waals surface area contributed by atoms with Gasteiger partial charge in [-0.25, -0.2) is 14.8 Å². The van der Waals surface area contributed by atoms with Crippen LogP contribution < -0.4 is 10.3 Å². The third-order valence-corrected chi connectivity index (χ3v) is 7.52. The lowest BCUT2D eigenvalue weighted by molar-refractivity contribution is -0.0326. The summed E-state index contributed by atoms with van der Waals surface area (Å²) in [6, 6.07) is 1.38. The van der Waals surface area contributed by atoms with Crippen molar-refractivity contribution in [1.82, 2.24) is 29.6 Å². The molecule has 0 radical (unpaired) electrons. The second kappa shape index (κ2) is 10.5. The van der Waals surface area contributed by atoms with Crippen molar-refractivity contribution in [3.8, 4) is 28.7 Å². The monoisotopic (exact) mass is 550 g/mol. The Kier molecular flexibility index (Phi) is 7.63. The van der Waals surface area contributed by atoms with Gasteiger partial charge in [-0.3, -0.25) is 9.48 Å². The summed E-state index contributed by atoms with van der Waals surface area (Å²) in [4.78, 5) is 38.9. The summed E-state index contributed by atoms with van der Waals surface area (Å²) in [7, 11) is -1.61. The van der Waals surface area contributed by atoms with Gasteiger partial charge in [0.05, 0.1) is 29.9 Å². The average Bonchev–Trinajstić information content (AvgIpc) is 3.17. The van der Waals surface area contributed by atoms with Gasteiger partial charge in [0.2, 0.25) is 5.88 Å². The Morgan fingerprint density at radius 3 is 2.56 bits per heavy atom. The predicted molar refractivity (Wildman–Crippen MR) is 154 cm³/mol. The van der Waals surface area contributed by atoms with E-state index in [2.05, 4.69) is 46.2 Å². The Labute approximate surface area is 229 Å². The maximum absolute atomic E-state index is 13.3. The molecule has 1 amide bonds. The number of aromatic nitrogens is 5. The van der Waals surface area contributed by atoms with Crippen molar-refractivity contribution >= 4 is 25.2 Å². The maximum Gasteiger partial charge on any atom is 0.407 e. The largest absolute Gasteiger partial charge is 0.477 e. The van der Waals surface area contributed by atoms with Crippen molar-refractivity contribution < 1.29 is 14.6 Å². The number of H-pyrrole nitrogens is 1. The molecule has 2 atom stereocenters. The molecule has 0 bridgehead atoms. The summed E-state index contributed by atoms with van der Waals surface area (Å²) in [5.41, 5.74) is 5.47. The number of fused-ring (bicyclic) bond motifs is 1. The van der Waals surface area contributed by atoms with E-state index in [1.54, 1.807) is 6.20 Å². The van der Waals surface area contributed by atoms with Gasteiger partial charge < -0.3 is 19.7 Å². The highest BCUT2D eigenvalue weighted by molar-refractivity contribution is 6.83. The van der Waals surface area contributed by atoms with Gasteiger partial charge in [-0.1, -0.05) is 60.2 Å². The molecule has 2 unspecified atom stereocenters. The molecule has 0 saturated carbocycles. The normalized spacial score (nSPS) is 17.5. The molecule has 1 fully saturated rings. The van der Waals surface area contributed by atoms with E-state index in [0.29, 0.717) is 42.4 Å². The van der Waals surface area contributed by atoms with Crippen molar-refractivity contribution in [3.63, 3.8) is 0 Å². The number of aromatic amines is 1. The van der Waals surface area contributed by atoms with Crippen LogP contribution in [-0.2, 0) is 6.42 Å². The molecule has 4 rings (SSSR count). The molecule has 39 heavy (non-hydrogen) atoms. The van der Waals surface area contributed by atoms with E-state index in [1.807, 2.05) is 45.4 Å². The van der Waals surface area contributed by atoms with E-state index in [9.17, 15) is 14.7 Å². The molecule has 4 heterocycles. The minimum Gasteiger partial charge on any atom is -0.477 e. The van der Waals surface area contributed by atoms with E-state index in [0.717, 1.165) is 17.7 Å². The van der Waals surface area contributed by atoms with Crippen LogP contribution in [0.2, 0.25) is 19.6 Å². The van der Waals surface area contributed by atoms with Gasteiger partial charge >= 0.3 is 6.09 Å². The van der Waals surface area contributed by atoms with Gasteiger partial charge in [-0.2, -0.15) is 5.10 Å². The van der Waals surface area contributed by atoms with Gasteiger partial charge in [0.1, 0.15) is 19.4 Å². The molecule has 1 aliphatic rings. The zero-order chi connectivity index (χ0) is 28.7. The Hall–Kier alpha value is -3.65. The second-order valence-electron chi connectivity index (χ2n) is 12.1. The number of hydrogen-bond donors (Lipinski definition) is 2. The third kappa shape index (κ3) is 5.71. The first-order valence-electron chi connectivity index (χ1n) is 13.4. The van der Waals surface area contributed by atoms with Crippen molar-refractivity contribution in [2.24, 2.45) is 5.41 Å². The number of amides is 1. The van der Waals surface area contributed by atoms with Gasteiger partial charge in [0.15, 0.2) is 5.52 Å². The number of carbonyl (C=O) groups is 1. The average molecular weight is 551 g/mol. The van der Waals surface area contributed by atoms with Gasteiger partial charge in [0.25, 0.3) is 5.56 Å². The summed E-state index contributed by atoms with van der Waals surface area (Å²) < 4.78 is 7.72. The zero-order valence-corrected chi connectivity index (χ0v) is 25.0. The van der Waals surface area contributed by atoms with Gasteiger partial charge in [-0.15, -0.1) is 5.54 Å². The fourth-order valence-corrected chi connectivity index (χ4v) is 5.49. The number of nitrogens with zero attached hydrogens (tertiary/aromatic N) is 5. The third-order valence-electron chi connectivity index (χ3n) is 6.65. The minimum absolute atomic E-state index is 0.196. The molecule has 10 nitrogen and oxygen atoms in total. The SMILES string of the molecule is CCCOc1ncc(C#C[Si](C)(C)C)cc1-c1nc2c(CC)n(C3CN(C(=O)O)C3C(C)(C)C)nc2c(=O)[nH]1. The van der Waals surface area contributed by atoms with E-state index in [-0.39, 0.29) is 28.6 Å². The Morgan fingerprint density at radius 1 is 1.26 bits per heavy atom. The highest BCUT2D eigenvalue weighted by Gasteiger charge is 2.50. The summed E-state index contributed by atoms with van der Waals surface area (Å²) in [6.45, 7) is 17.3. The van der Waals surface area contributed by atoms with Gasteiger partial charge in [-0.05, 0) is 24.3 Å². The fraction of sp³-hybridized carbons (Fsp3) is 0.536. The number of ether oxygens (including phenoxy) is 1. The van der Waals surface area contributed by atoms with Crippen molar-refractivity contribution in [2.75, 3.05) is 13.2 Å². The highest BCUT2D eigenvalue weighted by atomic mass is 28.3. The summed E-state index contributed by atoms with van der Waals surface area (Å²) in [6.07, 6.45) is 2.11. The van der Waals surface area contributed by atoms with E-state index in [1.165, 1.54) is 4.90 Å². The number of aryl methyl sites for hydroxylation is 1. The smallest absolute Gasteiger partial charge is 0.407 e. The first kappa shape index (κ1) is 28.4. The molecule has 3 aromatic heterocycles. The van der Waals surface area contributed by atoms with E-state index < -0.39 is 14.2 Å². The van der Waals surface area contributed by atoms with Crippen LogP contribution in [0.1, 0.15) is 58.3 Å². The van der Waals surface area contributed by atoms with Crippen LogP contribution in [0.4, 0.5) is 4.79 Å². The van der Waals surface area contributed by atoms with Crippen molar-refractivity contribution in [3.05, 3.63) is 33.9 Å². The Morgan fingerprint density at radius 2 is 1.97 bits per heavy atom. The maximum atomic E-state index is 13.3. The van der Waals surface area contributed by atoms with Crippen LogP contribution in [0.5, 0.6) is 5.88 Å². The van der Waals surface area contributed by atoms with Crippen LogP contribution in [0.15, 0.2) is 17.1 Å². The van der Waals surface area contributed by atoms with Crippen LogP contribution in [0, 0.1) is 16.9 Å².